The second-order valence-corrected chi connectivity index (χ2v) is 7.03. The smallest absolute Gasteiger partial charge is 0.326 e. The van der Waals surface area contributed by atoms with E-state index < -0.39 is 12.5 Å². The van der Waals surface area contributed by atoms with Crippen LogP contribution in [0.25, 0.3) is 11.4 Å². The number of carbonyl (C=O) groups is 3. The fourth-order valence-electron chi connectivity index (χ4n) is 3.37. The summed E-state index contributed by atoms with van der Waals surface area (Å²) in [6, 6.07) is 6.87. The summed E-state index contributed by atoms with van der Waals surface area (Å²) >= 11 is 5.84. The molecule has 0 N–H and O–H groups in total. The lowest BCUT2D eigenvalue weighted by atomic mass is 9.85. The number of nitrogens with zero attached hydrogens (tertiary/aromatic N) is 3. The van der Waals surface area contributed by atoms with E-state index in [-0.39, 0.29) is 36.1 Å². The van der Waals surface area contributed by atoms with Crippen molar-refractivity contribution in [1.82, 2.24) is 15.0 Å². The molecule has 0 unspecified atom stereocenters. The Hall–Kier alpha value is -3.00. The number of esters is 1. The number of aromatic nitrogens is 2. The summed E-state index contributed by atoms with van der Waals surface area (Å²) in [5.74, 6) is -1.65. The number of halogens is 1. The number of benzene rings is 1. The number of hydrogen-bond acceptors (Lipinski definition) is 7. The highest BCUT2D eigenvalue weighted by Crippen LogP contribution is 2.34. The quantitative estimate of drug-likeness (QED) is 0.430. The van der Waals surface area contributed by atoms with E-state index >= 15 is 0 Å². The molecule has 28 heavy (non-hydrogen) atoms. The zero-order chi connectivity index (χ0) is 19.7. The number of ether oxygens (including phenoxy) is 1. The average Bonchev–Trinajstić information content (AvgIpc) is 3.27. The minimum absolute atomic E-state index is 0.107. The van der Waals surface area contributed by atoms with Gasteiger partial charge in [0.25, 0.3) is 5.89 Å². The molecule has 2 amide bonds. The molecule has 0 bridgehead atoms. The number of fused-ring (bicyclic) bond motifs is 1. The molecular weight excluding hydrogens is 386 g/mol. The molecule has 4 rings (SSSR count). The second-order valence-electron chi connectivity index (χ2n) is 6.60. The SMILES string of the molecule is O=C(CN1C(=O)[C@@H]2CC=CC[C@H]2C1=O)OCc1nc(-c2ccc(Cl)cc2)no1. The largest absolute Gasteiger partial charge is 0.454 e. The van der Waals surface area contributed by atoms with E-state index in [0.717, 1.165) is 4.90 Å². The molecule has 1 aromatic heterocycles. The van der Waals surface area contributed by atoms with Crippen molar-refractivity contribution in [1.29, 1.82) is 0 Å². The lowest BCUT2D eigenvalue weighted by Crippen LogP contribution is -2.36. The highest BCUT2D eigenvalue weighted by Gasteiger charge is 2.47. The van der Waals surface area contributed by atoms with E-state index in [4.69, 9.17) is 20.9 Å². The van der Waals surface area contributed by atoms with Gasteiger partial charge in [0.1, 0.15) is 6.54 Å². The Labute approximate surface area is 165 Å². The summed E-state index contributed by atoms with van der Waals surface area (Å²) in [6.07, 6.45) is 4.83. The number of likely N-dealkylation sites (tertiary alicyclic amines) is 1. The van der Waals surface area contributed by atoms with Crippen molar-refractivity contribution in [3.05, 3.63) is 47.3 Å². The Bertz CT molecular complexity index is 927. The van der Waals surface area contributed by atoms with Crippen LogP contribution < -0.4 is 0 Å². The van der Waals surface area contributed by atoms with Crippen LogP contribution in [0.5, 0.6) is 0 Å². The minimum atomic E-state index is -0.709. The summed E-state index contributed by atoms with van der Waals surface area (Å²) in [6.45, 7) is -0.660. The molecule has 1 aliphatic carbocycles. The maximum Gasteiger partial charge on any atom is 0.326 e. The van der Waals surface area contributed by atoms with Crippen LogP contribution in [0.4, 0.5) is 0 Å². The van der Waals surface area contributed by atoms with Crippen molar-refractivity contribution in [3.8, 4) is 11.4 Å². The van der Waals surface area contributed by atoms with Gasteiger partial charge < -0.3 is 9.26 Å². The normalized spacial score (nSPS) is 21.1. The zero-order valence-corrected chi connectivity index (χ0v) is 15.5. The van der Waals surface area contributed by atoms with E-state index in [2.05, 4.69) is 10.1 Å². The van der Waals surface area contributed by atoms with Crippen LogP contribution in [0.2, 0.25) is 5.02 Å². The van der Waals surface area contributed by atoms with E-state index in [1.807, 2.05) is 12.2 Å². The number of hydrogen-bond donors (Lipinski definition) is 0. The van der Waals surface area contributed by atoms with Gasteiger partial charge in [-0.3, -0.25) is 19.3 Å². The molecule has 9 heteroatoms. The van der Waals surface area contributed by atoms with Gasteiger partial charge in [0, 0.05) is 10.6 Å². The van der Waals surface area contributed by atoms with Gasteiger partial charge in [0.2, 0.25) is 17.6 Å². The van der Waals surface area contributed by atoms with E-state index in [1.165, 1.54) is 0 Å². The molecule has 2 aromatic rings. The van der Waals surface area contributed by atoms with Crippen LogP contribution in [-0.2, 0) is 25.7 Å². The van der Waals surface area contributed by atoms with Crippen LogP contribution in [0.15, 0.2) is 40.9 Å². The average molecular weight is 402 g/mol. The number of rotatable bonds is 5. The minimum Gasteiger partial charge on any atom is -0.454 e. The first-order valence-corrected chi connectivity index (χ1v) is 9.15. The van der Waals surface area contributed by atoms with Gasteiger partial charge in [-0.25, -0.2) is 0 Å². The molecule has 0 radical (unpaired) electrons. The zero-order valence-electron chi connectivity index (χ0n) is 14.7. The fraction of sp³-hybridized carbons (Fsp3) is 0.316. The Morgan fingerprint density at radius 2 is 1.79 bits per heavy atom. The summed E-state index contributed by atoms with van der Waals surface area (Å²) in [7, 11) is 0. The van der Waals surface area contributed by atoms with Crippen LogP contribution in [0.1, 0.15) is 18.7 Å². The molecule has 1 aromatic carbocycles. The van der Waals surface area contributed by atoms with Gasteiger partial charge in [-0.1, -0.05) is 28.9 Å². The molecule has 0 spiro atoms. The summed E-state index contributed by atoms with van der Waals surface area (Å²) in [5, 5.41) is 4.41. The maximum absolute atomic E-state index is 12.4. The number of allylic oxidation sites excluding steroid dienone is 2. The van der Waals surface area contributed by atoms with E-state index in [0.29, 0.717) is 29.3 Å². The molecule has 144 valence electrons. The predicted octanol–water partition coefficient (Wildman–Crippen LogP) is 2.38. The van der Waals surface area contributed by atoms with Gasteiger partial charge in [0.05, 0.1) is 11.8 Å². The van der Waals surface area contributed by atoms with Crippen LogP contribution >= 0.6 is 11.6 Å². The fourth-order valence-corrected chi connectivity index (χ4v) is 3.50. The number of carbonyl (C=O) groups excluding carboxylic acids is 3. The lowest BCUT2D eigenvalue weighted by Gasteiger charge is -2.14. The standard InChI is InChI=1S/C19H16ClN3O5/c20-12-7-5-11(6-8-12)17-21-15(28-22-17)10-27-16(24)9-23-18(25)13-3-1-2-4-14(13)19(23)26/h1-2,5-8,13-14H,3-4,9-10H2/t13-,14-/m1/s1. The Morgan fingerprint density at radius 3 is 2.43 bits per heavy atom. The monoisotopic (exact) mass is 401 g/mol. The van der Waals surface area contributed by atoms with Crippen LogP contribution in [0.3, 0.4) is 0 Å². The molecular formula is C19H16ClN3O5. The molecule has 8 nitrogen and oxygen atoms in total. The Balaban J connectivity index is 1.33. The van der Waals surface area contributed by atoms with Gasteiger partial charge in [-0.15, -0.1) is 0 Å². The summed E-state index contributed by atoms with van der Waals surface area (Å²) in [4.78, 5) is 41.9. The molecule has 1 fully saturated rings. The lowest BCUT2D eigenvalue weighted by molar-refractivity contribution is -0.154. The predicted molar refractivity (Wildman–Crippen MR) is 96.6 cm³/mol. The van der Waals surface area contributed by atoms with Gasteiger partial charge in [0.15, 0.2) is 6.61 Å². The van der Waals surface area contributed by atoms with Crippen LogP contribution in [-0.4, -0.2) is 39.4 Å². The molecule has 0 saturated carbocycles. The highest BCUT2D eigenvalue weighted by molar-refractivity contribution is 6.30. The van der Waals surface area contributed by atoms with Crippen molar-refractivity contribution in [3.63, 3.8) is 0 Å². The van der Waals surface area contributed by atoms with Gasteiger partial charge in [-0.05, 0) is 37.1 Å². The third-order valence-electron chi connectivity index (χ3n) is 4.81. The third kappa shape index (κ3) is 3.55. The molecule has 1 saturated heterocycles. The molecule has 1 aliphatic heterocycles. The molecule has 2 heterocycles. The number of imide groups is 1. The van der Waals surface area contributed by atoms with Crippen molar-refractivity contribution >= 4 is 29.4 Å². The van der Waals surface area contributed by atoms with Crippen molar-refractivity contribution < 1.29 is 23.6 Å². The van der Waals surface area contributed by atoms with Gasteiger partial charge in [-0.2, -0.15) is 4.98 Å². The van der Waals surface area contributed by atoms with Crippen molar-refractivity contribution in [2.24, 2.45) is 11.8 Å². The second kappa shape index (κ2) is 7.55. The maximum atomic E-state index is 12.4. The van der Waals surface area contributed by atoms with Gasteiger partial charge >= 0.3 is 5.97 Å². The molecule has 2 atom stereocenters. The summed E-state index contributed by atoms with van der Waals surface area (Å²) < 4.78 is 10.2. The number of amides is 2. The van der Waals surface area contributed by atoms with Crippen molar-refractivity contribution in [2.45, 2.75) is 19.4 Å². The third-order valence-corrected chi connectivity index (χ3v) is 5.07. The van der Waals surface area contributed by atoms with E-state index in [9.17, 15) is 14.4 Å². The molecule has 2 aliphatic rings. The highest BCUT2D eigenvalue weighted by atomic mass is 35.5. The first-order valence-electron chi connectivity index (χ1n) is 8.77. The summed E-state index contributed by atoms with van der Waals surface area (Å²) in [5.41, 5.74) is 0.704. The topological polar surface area (TPSA) is 103 Å². The van der Waals surface area contributed by atoms with Crippen LogP contribution in [0, 0.1) is 11.8 Å². The Morgan fingerprint density at radius 1 is 1.14 bits per heavy atom. The Kier molecular flexibility index (Phi) is 4.95. The van der Waals surface area contributed by atoms with E-state index in [1.54, 1.807) is 24.3 Å². The van der Waals surface area contributed by atoms with Crippen molar-refractivity contribution in [2.75, 3.05) is 6.54 Å². The first kappa shape index (κ1) is 18.4. The first-order chi connectivity index (χ1) is 13.5.